The number of carbonyl (C=O) groups is 1. The van der Waals surface area contributed by atoms with Crippen molar-refractivity contribution in [2.45, 2.75) is 11.9 Å². The molecule has 4 rings (SSSR count). The lowest BCUT2D eigenvalue weighted by atomic mass is 10.0. The molecule has 0 aliphatic rings. The lowest BCUT2D eigenvalue weighted by molar-refractivity contribution is 0.252. The van der Waals surface area contributed by atoms with Gasteiger partial charge in [-0.25, -0.2) is 31.9 Å². The molecule has 2 amide bonds. The number of nitrogens with zero attached hydrogens (tertiary/aromatic N) is 4. The van der Waals surface area contributed by atoms with Gasteiger partial charge in [0.05, 0.1) is 5.52 Å². The Morgan fingerprint density at radius 3 is 2.59 bits per heavy atom. The van der Waals surface area contributed by atoms with Crippen LogP contribution in [0.3, 0.4) is 0 Å². The maximum absolute atomic E-state index is 14.7. The lowest BCUT2D eigenvalue weighted by Crippen LogP contribution is -2.28. The van der Waals surface area contributed by atoms with Crippen molar-refractivity contribution in [2.24, 2.45) is 0 Å². The number of aromatic nitrogens is 4. The Labute approximate surface area is 195 Å². The van der Waals surface area contributed by atoms with Crippen LogP contribution >= 0.6 is 0 Å². The average molecular weight is 484 g/mol. The molecule has 0 atom stereocenters. The molecule has 3 aromatic heterocycles. The van der Waals surface area contributed by atoms with E-state index in [-0.39, 0.29) is 16.7 Å². The minimum atomic E-state index is -3.68. The highest BCUT2D eigenvalue weighted by Gasteiger charge is 2.20. The van der Waals surface area contributed by atoms with E-state index in [1.54, 1.807) is 25.1 Å². The number of carbonyl (C=O) groups excluding carboxylic acids is 1. The number of aromatic amines is 1. The maximum atomic E-state index is 14.7. The largest absolute Gasteiger partial charge is 0.338 e. The summed E-state index contributed by atoms with van der Waals surface area (Å²) in [6.07, 6.45) is 2.90. The number of halogens is 1. The quantitative estimate of drug-likeness (QED) is 0.386. The smallest absolute Gasteiger partial charge is 0.321 e. The predicted molar refractivity (Wildman–Crippen MR) is 126 cm³/mol. The van der Waals surface area contributed by atoms with Gasteiger partial charge in [-0.05, 0) is 48.9 Å². The third kappa shape index (κ3) is 4.45. The van der Waals surface area contributed by atoms with E-state index < -0.39 is 21.9 Å². The number of imidazole rings is 1. The van der Waals surface area contributed by atoms with Gasteiger partial charge in [-0.3, -0.25) is 10.3 Å². The van der Waals surface area contributed by atoms with Crippen molar-refractivity contribution < 1.29 is 17.6 Å². The fraction of sp³-hybridized carbons (Fsp3) is 0.182. The summed E-state index contributed by atoms with van der Waals surface area (Å²) >= 11 is 0. The van der Waals surface area contributed by atoms with Crippen LogP contribution < -0.4 is 10.6 Å². The topological polar surface area (TPSA) is 133 Å². The van der Waals surface area contributed by atoms with Crippen molar-refractivity contribution >= 4 is 33.0 Å². The number of benzene rings is 1. The Morgan fingerprint density at radius 1 is 1.15 bits per heavy atom. The first-order valence-corrected chi connectivity index (χ1v) is 11.7. The van der Waals surface area contributed by atoms with E-state index in [4.69, 9.17) is 0 Å². The van der Waals surface area contributed by atoms with Gasteiger partial charge >= 0.3 is 6.03 Å². The van der Waals surface area contributed by atoms with Gasteiger partial charge in [0.2, 0.25) is 5.95 Å². The molecule has 4 aromatic rings. The molecule has 3 N–H and O–H groups in total. The number of rotatable bonds is 6. The van der Waals surface area contributed by atoms with Gasteiger partial charge in [-0.15, -0.1) is 0 Å². The number of pyridine rings is 2. The second kappa shape index (κ2) is 9.15. The summed E-state index contributed by atoms with van der Waals surface area (Å²) in [6, 6.07) is 8.82. The number of urea groups is 1. The number of H-pyrrole nitrogens is 1. The highest BCUT2D eigenvalue weighted by atomic mass is 32.2. The van der Waals surface area contributed by atoms with Gasteiger partial charge in [-0.1, -0.05) is 0 Å². The Hall–Kier alpha value is -3.90. The molecule has 0 aliphatic heterocycles. The molecule has 0 fully saturated rings. The summed E-state index contributed by atoms with van der Waals surface area (Å²) in [5.41, 5.74) is 2.65. The average Bonchev–Trinajstić information content (AvgIpc) is 3.21. The second-order valence-electron chi connectivity index (χ2n) is 7.50. The second-order valence-corrected chi connectivity index (χ2v) is 9.59. The lowest BCUT2D eigenvalue weighted by Gasteiger charge is -2.11. The summed E-state index contributed by atoms with van der Waals surface area (Å²) in [7, 11) is -0.824. The van der Waals surface area contributed by atoms with Crippen molar-refractivity contribution in [2.75, 3.05) is 26.0 Å². The number of anilines is 1. The normalized spacial score (nSPS) is 11.7. The fourth-order valence-electron chi connectivity index (χ4n) is 3.31. The van der Waals surface area contributed by atoms with Crippen LogP contribution in [0.4, 0.5) is 15.1 Å². The zero-order valence-corrected chi connectivity index (χ0v) is 19.4. The number of hydrogen-bond acceptors (Lipinski definition) is 6. The van der Waals surface area contributed by atoms with Crippen LogP contribution in [-0.4, -0.2) is 59.3 Å². The van der Waals surface area contributed by atoms with Crippen LogP contribution in [0.25, 0.3) is 33.4 Å². The zero-order valence-electron chi connectivity index (χ0n) is 18.6. The summed E-state index contributed by atoms with van der Waals surface area (Å²) in [4.78, 5) is 27.6. The molecule has 34 heavy (non-hydrogen) atoms. The highest BCUT2D eigenvalue weighted by molar-refractivity contribution is 7.89. The van der Waals surface area contributed by atoms with Gasteiger partial charge in [0.25, 0.3) is 10.0 Å². The number of nitrogens with one attached hydrogen (secondary N) is 3. The Morgan fingerprint density at radius 2 is 1.94 bits per heavy atom. The van der Waals surface area contributed by atoms with E-state index in [1.807, 2.05) is 0 Å². The van der Waals surface area contributed by atoms with E-state index in [2.05, 4.69) is 30.6 Å². The fourth-order valence-corrected chi connectivity index (χ4v) is 4.11. The van der Waals surface area contributed by atoms with Gasteiger partial charge in [0, 0.05) is 44.2 Å². The Balaban J connectivity index is 1.85. The minimum absolute atomic E-state index is 0.0881. The first-order valence-electron chi connectivity index (χ1n) is 10.3. The van der Waals surface area contributed by atoms with Crippen LogP contribution in [0.2, 0.25) is 0 Å². The molecule has 0 spiro atoms. The van der Waals surface area contributed by atoms with E-state index in [9.17, 15) is 17.6 Å². The molecule has 0 saturated carbocycles. The Kier molecular flexibility index (Phi) is 6.26. The SMILES string of the molecule is CCNC(=O)Nc1nc2c(-c3ncccc3F)cc(-c3ccc(S(=O)(=O)N(C)C)nc3)cc2[nH]1. The van der Waals surface area contributed by atoms with Gasteiger partial charge in [0.1, 0.15) is 17.0 Å². The van der Waals surface area contributed by atoms with E-state index in [1.165, 1.54) is 44.7 Å². The van der Waals surface area contributed by atoms with Crippen molar-refractivity contribution in [3.8, 4) is 22.4 Å². The number of fused-ring (bicyclic) bond motifs is 1. The first-order chi connectivity index (χ1) is 16.2. The van der Waals surface area contributed by atoms with E-state index in [0.29, 0.717) is 34.3 Å². The molecule has 0 radical (unpaired) electrons. The van der Waals surface area contributed by atoms with Crippen LogP contribution in [0, 0.1) is 5.82 Å². The molecular formula is C22H22FN7O3S. The summed E-state index contributed by atoms with van der Waals surface area (Å²) < 4.78 is 40.4. The zero-order chi connectivity index (χ0) is 24.5. The van der Waals surface area contributed by atoms with Gasteiger partial charge in [0.15, 0.2) is 5.03 Å². The first kappa shape index (κ1) is 23.3. The molecule has 0 bridgehead atoms. The van der Waals surface area contributed by atoms with E-state index in [0.717, 1.165) is 4.31 Å². The van der Waals surface area contributed by atoms with Gasteiger partial charge < -0.3 is 10.3 Å². The molecule has 0 saturated heterocycles. The molecular weight excluding hydrogens is 461 g/mol. The van der Waals surface area contributed by atoms with Crippen molar-refractivity contribution in [1.29, 1.82) is 0 Å². The molecule has 176 valence electrons. The predicted octanol–water partition coefficient (Wildman–Crippen LogP) is 3.22. The van der Waals surface area contributed by atoms with Crippen molar-refractivity contribution in [3.63, 3.8) is 0 Å². The van der Waals surface area contributed by atoms with Crippen molar-refractivity contribution in [3.05, 3.63) is 54.6 Å². The van der Waals surface area contributed by atoms with Crippen LogP contribution in [-0.2, 0) is 10.0 Å². The summed E-state index contributed by atoms with van der Waals surface area (Å²) in [5.74, 6) is -0.353. The van der Waals surface area contributed by atoms with Gasteiger partial charge in [-0.2, -0.15) is 0 Å². The van der Waals surface area contributed by atoms with Crippen LogP contribution in [0.15, 0.2) is 53.8 Å². The maximum Gasteiger partial charge on any atom is 0.321 e. The summed E-state index contributed by atoms with van der Waals surface area (Å²) in [5, 5.41) is 5.13. The number of sulfonamides is 1. The minimum Gasteiger partial charge on any atom is -0.338 e. The molecule has 10 nitrogen and oxygen atoms in total. The third-order valence-corrected chi connectivity index (χ3v) is 6.72. The van der Waals surface area contributed by atoms with Crippen molar-refractivity contribution in [1.82, 2.24) is 29.6 Å². The number of amides is 2. The van der Waals surface area contributed by atoms with E-state index >= 15 is 0 Å². The van der Waals surface area contributed by atoms with Crippen LogP contribution in [0.1, 0.15) is 6.92 Å². The summed E-state index contributed by atoms with van der Waals surface area (Å²) in [6.45, 7) is 2.22. The standard InChI is InChI=1S/C22H22FN7O3S/c1-4-24-22(31)29-21-27-17-11-14(13-7-8-18(26-12-13)34(32,33)30(2)3)10-15(20(17)28-21)19-16(23)6-5-9-25-19/h5-12H,4H2,1-3H3,(H3,24,27,28,29,31). The highest BCUT2D eigenvalue weighted by Crippen LogP contribution is 2.34. The molecule has 0 unspecified atom stereocenters. The number of hydrogen-bond donors (Lipinski definition) is 3. The monoisotopic (exact) mass is 483 g/mol. The third-order valence-electron chi connectivity index (χ3n) is 4.98. The Bertz CT molecular complexity index is 1470. The van der Waals surface area contributed by atoms with Crippen LogP contribution in [0.5, 0.6) is 0 Å². The molecule has 3 heterocycles. The molecule has 0 aliphatic carbocycles. The molecule has 1 aromatic carbocycles. The molecule has 12 heteroatoms.